The molecule has 0 fully saturated rings. The average molecular weight is 259 g/mol. The predicted molar refractivity (Wildman–Crippen MR) is 74.6 cm³/mol. The molecule has 1 aromatic heterocycles. The van der Waals surface area contributed by atoms with Gasteiger partial charge in [-0.15, -0.1) is 0 Å². The third-order valence-electron chi connectivity index (χ3n) is 2.88. The molecule has 2 aromatic rings. The third kappa shape index (κ3) is 3.74. The lowest BCUT2D eigenvalue weighted by Gasteiger charge is -2.27. The van der Waals surface area contributed by atoms with Gasteiger partial charge in [0.15, 0.2) is 5.82 Å². The van der Waals surface area contributed by atoms with Crippen LogP contribution in [0.15, 0.2) is 36.7 Å². The molecule has 0 saturated heterocycles. The number of hydrogen-bond acceptors (Lipinski definition) is 3. The Kier molecular flexibility index (Phi) is 3.79. The molecule has 0 aliphatic rings. The molecule has 0 bridgehead atoms. The highest BCUT2D eigenvalue weighted by atomic mass is 19.1. The summed E-state index contributed by atoms with van der Waals surface area (Å²) in [5.41, 5.74) is 2.13. The summed E-state index contributed by atoms with van der Waals surface area (Å²) in [5.74, 6) is -0.376. The number of nitrogens with one attached hydrogen (secondary N) is 1. The van der Waals surface area contributed by atoms with E-state index in [4.69, 9.17) is 0 Å². The molecule has 0 radical (unpaired) electrons. The molecule has 19 heavy (non-hydrogen) atoms. The second-order valence-electron chi connectivity index (χ2n) is 5.37. The van der Waals surface area contributed by atoms with Gasteiger partial charge in [-0.05, 0) is 32.8 Å². The van der Waals surface area contributed by atoms with E-state index < -0.39 is 5.95 Å². The van der Waals surface area contributed by atoms with Gasteiger partial charge in [-0.25, -0.2) is 9.97 Å². The van der Waals surface area contributed by atoms with Crippen LogP contribution < -0.4 is 5.32 Å². The number of nitrogens with zero attached hydrogens (tertiary/aromatic N) is 2. The van der Waals surface area contributed by atoms with Gasteiger partial charge in [-0.3, -0.25) is 0 Å². The lowest BCUT2D eigenvalue weighted by Crippen LogP contribution is -2.34. The Morgan fingerprint density at radius 3 is 2.37 bits per heavy atom. The maximum absolute atomic E-state index is 13.5. The maximum atomic E-state index is 13.5. The zero-order valence-corrected chi connectivity index (χ0v) is 11.4. The minimum absolute atomic E-state index is 0.194. The lowest BCUT2D eigenvalue weighted by atomic mass is 9.94. The zero-order chi connectivity index (χ0) is 13.9. The van der Waals surface area contributed by atoms with Gasteiger partial charge in [0, 0.05) is 17.9 Å². The smallest absolute Gasteiger partial charge is 0.255 e. The van der Waals surface area contributed by atoms with Gasteiger partial charge in [-0.2, -0.15) is 4.39 Å². The highest BCUT2D eigenvalue weighted by Gasteiger charge is 2.20. The Hall–Kier alpha value is -1.97. The molecule has 0 saturated carbocycles. The van der Waals surface area contributed by atoms with Gasteiger partial charge in [0.1, 0.15) is 0 Å². The summed E-state index contributed by atoms with van der Waals surface area (Å²) in [5, 5.41) is 3.10. The van der Waals surface area contributed by atoms with Crippen LogP contribution in [0, 0.1) is 12.9 Å². The number of anilines is 1. The summed E-state index contributed by atoms with van der Waals surface area (Å²) < 4.78 is 13.5. The Bertz CT molecular complexity index is 550. The lowest BCUT2D eigenvalue weighted by molar-refractivity contribution is 0.534. The van der Waals surface area contributed by atoms with Crippen LogP contribution in [0.3, 0.4) is 0 Å². The molecule has 0 aliphatic heterocycles. The quantitative estimate of drug-likeness (QED) is 0.915. The Morgan fingerprint density at radius 1 is 1.11 bits per heavy atom. The van der Waals surface area contributed by atoms with Gasteiger partial charge < -0.3 is 5.32 Å². The molecule has 4 heteroatoms. The topological polar surface area (TPSA) is 37.8 Å². The molecule has 100 valence electrons. The van der Waals surface area contributed by atoms with E-state index in [0.29, 0.717) is 0 Å². The Labute approximate surface area is 112 Å². The first-order valence-electron chi connectivity index (χ1n) is 6.26. The molecule has 0 amide bonds. The minimum atomic E-state index is -0.570. The largest absolute Gasteiger partial charge is 0.361 e. The number of aryl methyl sites for hydroxylation is 1. The van der Waals surface area contributed by atoms with Crippen molar-refractivity contribution in [1.29, 1.82) is 0 Å². The van der Waals surface area contributed by atoms with E-state index in [1.165, 1.54) is 23.5 Å². The Balaban J connectivity index is 2.10. The number of aromatic nitrogens is 2. The van der Waals surface area contributed by atoms with Crippen LogP contribution in [-0.2, 0) is 6.42 Å². The van der Waals surface area contributed by atoms with Crippen molar-refractivity contribution < 1.29 is 4.39 Å². The van der Waals surface area contributed by atoms with Crippen molar-refractivity contribution >= 4 is 5.82 Å². The fraction of sp³-hybridized carbons (Fsp3) is 0.333. The fourth-order valence-corrected chi connectivity index (χ4v) is 1.99. The van der Waals surface area contributed by atoms with Crippen molar-refractivity contribution in [1.82, 2.24) is 9.97 Å². The minimum Gasteiger partial charge on any atom is -0.361 e. The van der Waals surface area contributed by atoms with E-state index in [1.54, 1.807) is 0 Å². The second-order valence-corrected chi connectivity index (χ2v) is 5.37. The zero-order valence-electron chi connectivity index (χ0n) is 11.4. The van der Waals surface area contributed by atoms with Crippen molar-refractivity contribution in [3.63, 3.8) is 0 Å². The number of halogens is 1. The summed E-state index contributed by atoms with van der Waals surface area (Å²) in [6.07, 6.45) is 3.60. The van der Waals surface area contributed by atoms with Crippen molar-refractivity contribution in [2.24, 2.45) is 0 Å². The number of rotatable bonds is 4. The molecule has 0 unspecified atom stereocenters. The molecule has 1 N–H and O–H groups in total. The van der Waals surface area contributed by atoms with E-state index in [2.05, 4.69) is 46.5 Å². The van der Waals surface area contributed by atoms with Gasteiger partial charge in [0.2, 0.25) is 0 Å². The molecule has 1 aromatic carbocycles. The van der Waals surface area contributed by atoms with Crippen molar-refractivity contribution in [3.05, 3.63) is 53.7 Å². The molecule has 0 atom stereocenters. The summed E-state index contributed by atoms with van der Waals surface area (Å²) >= 11 is 0. The van der Waals surface area contributed by atoms with Gasteiger partial charge in [-0.1, -0.05) is 29.8 Å². The van der Waals surface area contributed by atoms with Gasteiger partial charge in [0.05, 0.1) is 0 Å². The highest BCUT2D eigenvalue weighted by molar-refractivity contribution is 5.36. The molecular weight excluding hydrogens is 241 g/mol. The van der Waals surface area contributed by atoms with Gasteiger partial charge >= 0.3 is 0 Å². The first kappa shape index (κ1) is 13.5. The molecule has 0 spiro atoms. The van der Waals surface area contributed by atoms with Crippen molar-refractivity contribution in [3.8, 4) is 0 Å². The number of hydrogen-bond donors (Lipinski definition) is 1. The summed E-state index contributed by atoms with van der Waals surface area (Å²) in [6, 6.07) is 8.33. The second kappa shape index (κ2) is 5.34. The van der Waals surface area contributed by atoms with Crippen molar-refractivity contribution in [2.75, 3.05) is 5.32 Å². The molecule has 2 rings (SSSR count). The van der Waals surface area contributed by atoms with E-state index in [-0.39, 0.29) is 11.4 Å². The first-order chi connectivity index (χ1) is 8.96. The summed E-state index contributed by atoms with van der Waals surface area (Å²) in [4.78, 5) is 7.56. The predicted octanol–water partition coefficient (Wildman–Crippen LogP) is 3.36. The van der Waals surface area contributed by atoms with Crippen LogP contribution in [0.4, 0.5) is 10.2 Å². The van der Waals surface area contributed by atoms with E-state index in [0.717, 1.165) is 6.42 Å². The normalized spacial score (nSPS) is 11.4. The standard InChI is InChI=1S/C15H18FN3/c1-11-4-6-12(7-5-11)10-15(2,3)19-14-13(16)17-8-9-18-14/h4-9H,10H2,1-3H3,(H,18,19). The highest BCUT2D eigenvalue weighted by Crippen LogP contribution is 2.19. The van der Waals surface area contributed by atoms with E-state index in [1.807, 2.05) is 13.8 Å². The first-order valence-corrected chi connectivity index (χ1v) is 6.26. The van der Waals surface area contributed by atoms with E-state index in [9.17, 15) is 4.39 Å². The summed E-state index contributed by atoms with van der Waals surface area (Å²) in [7, 11) is 0. The van der Waals surface area contributed by atoms with Crippen LogP contribution in [0.5, 0.6) is 0 Å². The van der Waals surface area contributed by atoms with Crippen LogP contribution >= 0.6 is 0 Å². The van der Waals surface area contributed by atoms with Crippen LogP contribution in [0.2, 0.25) is 0 Å². The van der Waals surface area contributed by atoms with Crippen LogP contribution in [-0.4, -0.2) is 15.5 Å². The third-order valence-corrected chi connectivity index (χ3v) is 2.88. The van der Waals surface area contributed by atoms with Crippen LogP contribution in [0.25, 0.3) is 0 Å². The molecule has 1 heterocycles. The van der Waals surface area contributed by atoms with Crippen LogP contribution in [0.1, 0.15) is 25.0 Å². The fourth-order valence-electron chi connectivity index (χ4n) is 1.99. The summed E-state index contributed by atoms with van der Waals surface area (Å²) in [6.45, 7) is 6.09. The maximum Gasteiger partial charge on any atom is 0.255 e. The monoisotopic (exact) mass is 259 g/mol. The SMILES string of the molecule is Cc1ccc(CC(C)(C)Nc2nccnc2F)cc1. The molecule has 3 nitrogen and oxygen atoms in total. The Morgan fingerprint density at radius 2 is 1.74 bits per heavy atom. The molecule has 0 aliphatic carbocycles. The van der Waals surface area contributed by atoms with E-state index >= 15 is 0 Å². The molecular formula is C15H18FN3. The van der Waals surface area contributed by atoms with Crippen molar-refractivity contribution in [2.45, 2.75) is 32.7 Å². The van der Waals surface area contributed by atoms with Gasteiger partial charge in [0.25, 0.3) is 5.95 Å². The average Bonchev–Trinajstić information content (AvgIpc) is 2.35. The number of benzene rings is 1.